The zero-order chi connectivity index (χ0) is 21.7. The summed E-state index contributed by atoms with van der Waals surface area (Å²) in [6.45, 7) is 2.81. The normalized spacial score (nSPS) is 18.2. The summed E-state index contributed by atoms with van der Waals surface area (Å²) < 4.78 is 6.03. The lowest BCUT2D eigenvalue weighted by molar-refractivity contribution is -0.133. The van der Waals surface area contributed by atoms with Crippen LogP contribution in [0.15, 0.2) is 66.7 Å². The molecule has 2 N–H and O–H groups in total. The second kappa shape index (κ2) is 7.49. The van der Waals surface area contributed by atoms with Crippen LogP contribution in [0.1, 0.15) is 47.4 Å². The van der Waals surface area contributed by atoms with Crippen LogP contribution in [0.5, 0.6) is 5.75 Å². The first-order valence-corrected chi connectivity index (χ1v) is 11.6. The van der Waals surface area contributed by atoms with E-state index in [1.807, 2.05) is 6.07 Å². The van der Waals surface area contributed by atoms with Crippen LogP contribution in [0.3, 0.4) is 0 Å². The highest BCUT2D eigenvalue weighted by Crippen LogP contribution is 2.48. The minimum absolute atomic E-state index is 0.0177. The van der Waals surface area contributed by atoms with Crippen LogP contribution in [0, 0.1) is 0 Å². The molecule has 0 aromatic heterocycles. The third kappa shape index (κ3) is 2.97. The summed E-state index contributed by atoms with van der Waals surface area (Å²) >= 11 is 0. The number of nitrogens with zero attached hydrogens (tertiary/aromatic N) is 1. The molecule has 2 heterocycles. The Hall–Kier alpha value is -3.11. The van der Waals surface area contributed by atoms with E-state index in [9.17, 15) is 4.79 Å². The van der Waals surface area contributed by atoms with E-state index in [0.29, 0.717) is 19.6 Å². The summed E-state index contributed by atoms with van der Waals surface area (Å²) in [4.78, 5) is 15.5. The van der Waals surface area contributed by atoms with Gasteiger partial charge in [-0.05, 0) is 46.7 Å². The van der Waals surface area contributed by atoms with Gasteiger partial charge in [0.15, 0.2) is 0 Å². The van der Waals surface area contributed by atoms with E-state index < -0.39 is 0 Å². The van der Waals surface area contributed by atoms with Gasteiger partial charge in [-0.25, -0.2) is 0 Å². The van der Waals surface area contributed by atoms with Gasteiger partial charge in [-0.1, -0.05) is 60.7 Å². The highest BCUT2D eigenvalue weighted by Gasteiger charge is 2.44. The Morgan fingerprint density at radius 2 is 1.62 bits per heavy atom. The first-order valence-electron chi connectivity index (χ1n) is 11.6. The van der Waals surface area contributed by atoms with Gasteiger partial charge in [0.1, 0.15) is 5.75 Å². The van der Waals surface area contributed by atoms with Crippen LogP contribution >= 0.6 is 0 Å². The number of hydrogen-bond donors (Lipinski definition) is 1. The summed E-state index contributed by atoms with van der Waals surface area (Å²) in [5.41, 5.74) is 13.4. The second-order valence-electron chi connectivity index (χ2n) is 9.42. The highest BCUT2D eigenvalue weighted by molar-refractivity contribution is 5.84. The van der Waals surface area contributed by atoms with Gasteiger partial charge in [-0.2, -0.15) is 0 Å². The Morgan fingerprint density at radius 1 is 0.969 bits per heavy atom. The van der Waals surface area contributed by atoms with Crippen LogP contribution in [0.4, 0.5) is 0 Å². The fraction of sp³-hybridized carbons (Fsp3) is 0.321. The summed E-state index contributed by atoms with van der Waals surface area (Å²) in [7, 11) is 0. The van der Waals surface area contributed by atoms with Crippen molar-refractivity contribution in [2.24, 2.45) is 5.73 Å². The molecule has 0 saturated carbocycles. The molecule has 6 rings (SSSR count). The molecule has 3 aliphatic rings. The number of amides is 1. The van der Waals surface area contributed by atoms with Crippen molar-refractivity contribution in [2.45, 2.75) is 37.1 Å². The van der Waals surface area contributed by atoms with Crippen LogP contribution < -0.4 is 10.5 Å². The van der Waals surface area contributed by atoms with E-state index in [4.69, 9.17) is 10.5 Å². The number of benzene rings is 3. The Morgan fingerprint density at radius 3 is 2.28 bits per heavy atom. The quantitative estimate of drug-likeness (QED) is 0.669. The minimum atomic E-state index is 0.0177. The van der Waals surface area contributed by atoms with E-state index in [1.165, 1.54) is 27.8 Å². The molecule has 1 saturated heterocycles. The summed E-state index contributed by atoms with van der Waals surface area (Å²) in [5, 5.41) is 0. The Bertz CT molecular complexity index is 1150. The summed E-state index contributed by atoms with van der Waals surface area (Å²) in [5.74, 6) is 1.39. The molecule has 1 fully saturated rings. The first kappa shape index (κ1) is 19.6. The van der Waals surface area contributed by atoms with Crippen molar-refractivity contribution in [1.82, 2.24) is 4.90 Å². The van der Waals surface area contributed by atoms with E-state index in [1.54, 1.807) is 0 Å². The molecular weight excluding hydrogens is 396 g/mol. The van der Waals surface area contributed by atoms with E-state index in [2.05, 4.69) is 65.6 Å². The predicted octanol–water partition coefficient (Wildman–Crippen LogP) is 4.60. The lowest BCUT2D eigenvalue weighted by atomic mass is 9.74. The maximum absolute atomic E-state index is 13.4. The van der Waals surface area contributed by atoms with Gasteiger partial charge in [0, 0.05) is 43.0 Å². The fourth-order valence-electron chi connectivity index (χ4n) is 5.92. The molecule has 0 radical (unpaired) electrons. The highest BCUT2D eigenvalue weighted by atomic mass is 16.5. The van der Waals surface area contributed by atoms with Crippen molar-refractivity contribution in [3.63, 3.8) is 0 Å². The lowest BCUT2D eigenvalue weighted by Crippen LogP contribution is -2.46. The van der Waals surface area contributed by atoms with Gasteiger partial charge < -0.3 is 15.4 Å². The van der Waals surface area contributed by atoms with E-state index in [0.717, 1.165) is 37.2 Å². The Balaban J connectivity index is 1.20. The van der Waals surface area contributed by atoms with Crippen molar-refractivity contribution in [3.8, 4) is 16.9 Å². The van der Waals surface area contributed by atoms with Crippen LogP contribution in [0.25, 0.3) is 11.1 Å². The molecule has 3 aromatic rings. The number of piperidine rings is 1. The minimum Gasteiger partial charge on any atom is -0.492 e. The van der Waals surface area contributed by atoms with Gasteiger partial charge in [0.05, 0.1) is 6.61 Å². The van der Waals surface area contributed by atoms with E-state index >= 15 is 0 Å². The number of ether oxygens (including phenoxy) is 1. The summed E-state index contributed by atoms with van der Waals surface area (Å²) in [6, 6.07) is 23.4. The molecular formula is C28H28N2O2. The number of fused-ring (bicyclic) bond motifs is 5. The predicted molar refractivity (Wildman–Crippen MR) is 126 cm³/mol. The third-order valence-corrected chi connectivity index (χ3v) is 7.77. The smallest absolute Gasteiger partial charge is 0.223 e. The van der Waals surface area contributed by atoms with Gasteiger partial charge >= 0.3 is 0 Å². The zero-order valence-corrected chi connectivity index (χ0v) is 18.2. The number of carbonyl (C=O) groups is 1. The average Bonchev–Trinajstić information content (AvgIpc) is 3.35. The number of rotatable bonds is 3. The number of nitrogens with two attached hydrogens (primary N) is 1. The van der Waals surface area contributed by atoms with Crippen molar-refractivity contribution >= 4 is 5.91 Å². The lowest BCUT2D eigenvalue weighted by Gasteiger charge is -2.39. The zero-order valence-electron chi connectivity index (χ0n) is 18.2. The van der Waals surface area contributed by atoms with Crippen LogP contribution in [-0.4, -0.2) is 30.5 Å². The molecule has 0 atom stereocenters. The monoisotopic (exact) mass is 424 g/mol. The first-order chi connectivity index (χ1) is 15.7. The molecule has 0 bridgehead atoms. The Labute approximate surface area is 189 Å². The van der Waals surface area contributed by atoms with Crippen molar-refractivity contribution < 1.29 is 9.53 Å². The molecule has 2 aliphatic heterocycles. The SMILES string of the molecule is NCc1ccc2c(c1)C1(CCN(C(=O)CC3c4ccccc4-c4ccccc43)CC1)CO2. The third-order valence-electron chi connectivity index (χ3n) is 7.77. The molecule has 4 nitrogen and oxygen atoms in total. The molecule has 3 aromatic carbocycles. The van der Waals surface area contributed by atoms with Crippen LogP contribution in [-0.2, 0) is 16.8 Å². The number of carbonyl (C=O) groups excluding carboxylic acids is 1. The molecule has 1 spiro atoms. The largest absolute Gasteiger partial charge is 0.492 e. The Kier molecular flexibility index (Phi) is 4.58. The van der Waals surface area contributed by atoms with Gasteiger partial charge in [0.25, 0.3) is 0 Å². The van der Waals surface area contributed by atoms with Gasteiger partial charge in [-0.15, -0.1) is 0 Å². The van der Waals surface area contributed by atoms with Crippen molar-refractivity contribution in [1.29, 1.82) is 0 Å². The topological polar surface area (TPSA) is 55.6 Å². The standard InChI is InChI=1S/C28H28N2O2/c29-17-19-9-10-26-25(15-19)28(18-32-26)11-13-30(14-12-28)27(31)16-24-22-7-3-1-5-20(22)21-6-2-4-8-23(21)24/h1-10,15,24H,11-14,16-18,29H2. The summed E-state index contributed by atoms with van der Waals surface area (Å²) in [6.07, 6.45) is 2.42. The van der Waals surface area contributed by atoms with Gasteiger partial charge in [-0.3, -0.25) is 4.79 Å². The van der Waals surface area contributed by atoms with Gasteiger partial charge in [0.2, 0.25) is 5.91 Å². The van der Waals surface area contributed by atoms with Crippen molar-refractivity contribution in [2.75, 3.05) is 19.7 Å². The number of hydrogen-bond acceptors (Lipinski definition) is 3. The average molecular weight is 425 g/mol. The second-order valence-corrected chi connectivity index (χ2v) is 9.42. The number of likely N-dealkylation sites (tertiary alicyclic amines) is 1. The molecule has 1 amide bonds. The molecule has 4 heteroatoms. The maximum atomic E-state index is 13.4. The van der Waals surface area contributed by atoms with Crippen molar-refractivity contribution in [3.05, 3.63) is 89.0 Å². The fourth-order valence-corrected chi connectivity index (χ4v) is 5.92. The van der Waals surface area contributed by atoms with Crippen LogP contribution in [0.2, 0.25) is 0 Å². The maximum Gasteiger partial charge on any atom is 0.223 e. The molecule has 32 heavy (non-hydrogen) atoms. The van der Waals surface area contributed by atoms with E-state index in [-0.39, 0.29) is 17.2 Å². The molecule has 1 aliphatic carbocycles. The molecule has 162 valence electrons. The molecule has 0 unspecified atom stereocenters.